The molecule has 1 aliphatic carbocycles. The zero-order chi connectivity index (χ0) is 17.8. The van der Waals surface area contributed by atoms with E-state index >= 15 is 0 Å². The minimum absolute atomic E-state index is 0.0291. The van der Waals surface area contributed by atoms with Crippen LogP contribution >= 0.6 is 0 Å². The predicted octanol–water partition coefficient (Wildman–Crippen LogP) is 4.05. The highest BCUT2D eigenvalue weighted by molar-refractivity contribution is 5.86. The molecule has 2 atom stereocenters. The SMILES string of the molecule is CC(C)N1N=CC2(C)C=CC(c3ccc4c(c3)nnn4C(C)C)=CC12. The molecule has 2 heterocycles. The summed E-state index contributed by atoms with van der Waals surface area (Å²) in [6.45, 7) is 10.9. The van der Waals surface area contributed by atoms with Crippen molar-refractivity contribution in [2.24, 2.45) is 10.5 Å². The summed E-state index contributed by atoms with van der Waals surface area (Å²) in [5.41, 5.74) is 4.39. The molecule has 0 saturated heterocycles. The molecular weight excluding hydrogens is 310 g/mol. The average Bonchev–Trinajstić information content (AvgIpc) is 3.14. The Balaban J connectivity index is 1.73. The van der Waals surface area contributed by atoms with Crippen molar-refractivity contribution >= 4 is 22.8 Å². The fraction of sp³-hybridized carbons (Fsp3) is 0.450. The van der Waals surface area contributed by atoms with E-state index < -0.39 is 0 Å². The predicted molar refractivity (Wildman–Crippen MR) is 102 cm³/mol. The average molecular weight is 335 g/mol. The Kier molecular flexibility index (Phi) is 3.56. The Bertz CT molecular complexity index is 902. The van der Waals surface area contributed by atoms with Gasteiger partial charge in [-0.05, 0) is 57.9 Å². The first-order chi connectivity index (χ1) is 11.9. The molecule has 2 aliphatic rings. The fourth-order valence-corrected chi connectivity index (χ4v) is 3.67. The largest absolute Gasteiger partial charge is 0.287 e. The molecule has 4 rings (SSSR count). The first-order valence-electron chi connectivity index (χ1n) is 8.99. The van der Waals surface area contributed by atoms with Crippen LogP contribution in [0.1, 0.15) is 46.2 Å². The maximum atomic E-state index is 4.64. The molecule has 1 aliphatic heterocycles. The Morgan fingerprint density at radius 1 is 1.12 bits per heavy atom. The number of nitrogens with zero attached hydrogens (tertiary/aromatic N) is 5. The van der Waals surface area contributed by atoms with Crippen molar-refractivity contribution in [3.05, 3.63) is 42.0 Å². The minimum Gasteiger partial charge on any atom is -0.287 e. The van der Waals surface area contributed by atoms with Crippen molar-refractivity contribution < 1.29 is 0 Å². The van der Waals surface area contributed by atoms with E-state index in [1.165, 1.54) is 11.1 Å². The number of hydrazone groups is 1. The van der Waals surface area contributed by atoms with Crippen molar-refractivity contribution in [3.8, 4) is 0 Å². The third-order valence-corrected chi connectivity index (χ3v) is 5.17. The topological polar surface area (TPSA) is 46.3 Å². The van der Waals surface area contributed by atoms with Crippen molar-refractivity contribution in [3.63, 3.8) is 0 Å². The van der Waals surface area contributed by atoms with E-state index in [-0.39, 0.29) is 11.5 Å². The molecule has 5 heteroatoms. The van der Waals surface area contributed by atoms with E-state index in [1.54, 1.807) is 0 Å². The van der Waals surface area contributed by atoms with E-state index in [4.69, 9.17) is 0 Å². The number of hydrogen-bond acceptors (Lipinski definition) is 4. The van der Waals surface area contributed by atoms with Gasteiger partial charge in [0.2, 0.25) is 0 Å². The van der Waals surface area contributed by atoms with E-state index in [0.717, 1.165) is 11.0 Å². The molecule has 2 unspecified atom stereocenters. The molecule has 0 amide bonds. The van der Waals surface area contributed by atoms with Gasteiger partial charge in [-0.2, -0.15) is 5.10 Å². The molecule has 0 fully saturated rings. The summed E-state index contributed by atoms with van der Waals surface area (Å²) in [7, 11) is 0. The minimum atomic E-state index is -0.0291. The van der Waals surface area contributed by atoms with E-state index in [9.17, 15) is 0 Å². The van der Waals surface area contributed by atoms with Crippen molar-refractivity contribution in [1.82, 2.24) is 20.0 Å². The summed E-state index contributed by atoms with van der Waals surface area (Å²) < 4.78 is 1.96. The molecule has 25 heavy (non-hydrogen) atoms. The fourth-order valence-electron chi connectivity index (χ4n) is 3.67. The third kappa shape index (κ3) is 2.49. The summed E-state index contributed by atoms with van der Waals surface area (Å²) in [5.74, 6) is 0. The maximum Gasteiger partial charge on any atom is 0.113 e. The van der Waals surface area contributed by atoms with Gasteiger partial charge in [-0.1, -0.05) is 29.5 Å². The molecule has 2 aromatic rings. The van der Waals surface area contributed by atoms with Crippen LogP contribution < -0.4 is 0 Å². The van der Waals surface area contributed by atoms with Crippen LogP contribution in [-0.4, -0.2) is 38.3 Å². The molecule has 0 spiro atoms. The Morgan fingerprint density at radius 2 is 1.92 bits per heavy atom. The van der Waals surface area contributed by atoms with Gasteiger partial charge < -0.3 is 0 Å². The molecule has 5 nitrogen and oxygen atoms in total. The van der Waals surface area contributed by atoms with E-state index in [1.807, 2.05) is 4.68 Å². The summed E-state index contributed by atoms with van der Waals surface area (Å²) in [6, 6.07) is 7.36. The summed E-state index contributed by atoms with van der Waals surface area (Å²) >= 11 is 0. The van der Waals surface area contributed by atoms with Crippen molar-refractivity contribution in [2.75, 3.05) is 0 Å². The summed E-state index contributed by atoms with van der Waals surface area (Å²) in [5, 5.41) is 15.5. The molecule has 0 N–H and O–H groups in total. The number of rotatable bonds is 3. The second kappa shape index (κ2) is 5.55. The van der Waals surface area contributed by atoms with Crippen LogP contribution in [0.3, 0.4) is 0 Å². The lowest BCUT2D eigenvalue weighted by atomic mass is 9.78. The normalized spacial score (nSPS) is 25.3. The summed E-state index contributed by atoms with van der Waals surface area (Å²) in [6.07, 6.45) is 8.88. The number of fused-ring (bicyclic) bond motifs is 2. The van der Waals surface area contributed by atoms with Crippen molar-refractivity contribution in [1.29, 1.82) is 0 Å². The van der Waals surface area contributed by atoms with Gasteiger partial charge in [0.25, 0.3) is 0 Å². The number of allylic oxidation sites excluding steroid dienone is 2. The van der Waals surface area contributed by atoms with Crippen LogP contribution in [0.5, 0.6) is 0 Å². The van der Waals surface area contributed by atoms with Gasteiger partial charge in [-0.3, -0.25) is 5.01 Å². The van der Waals surface area contributed by atoms with Crippen LogP contribution in [0.2, 0.25) is 0 Å². The van der Waals surface area contributed by atoms with Gasteiger partial charge in [0, 0.05) is 23.7 Å². The van der Waals surface area contributed by atoms with Gasteiger partial charge in [0.15, 0.2) is 0 Å². The molecular formula is C20H25N5. The molecule has 1 aromatic carbocycles. The molecule has 0 radical (unpaired) electrons. The second-order valence-corrected chi connectivity index (χ2v) is 7.82. The zero-order valence-corrected chi connectivity index (χ0v) is 15.5. The quantitative estimate of drug-likeness (QED) is 0.850. The van der Waals surface area contributed by atoms with Gasteiger partial charge in [0.05, 0.1) is 11.6 Å². The van der Waals surface area contributed by atoms with Crippen LogP contribution in [0.15, 0.2) is 41.5 Å². The highest BCUT2D eigenvalue weighted by Crippen LogP contribution is 2.39. The molecule has 0 saturated carbocycles. The lowest BCUT2D eigenvalue weighted by molar-refractivity contribution is 0.173. The Hall–Kier alpha value is -2.43. The standard InChI is InChI=1S/C20H25N5/c1-13(2)24-18-7-6-15(10-17(18)22-23-24)16-8-9-20(5)12-21-25(14(3)4)19(20)11-16/h6-14,19H,1-5H3. The highest BCUT2D eigenvalue weighted by Gasteiger charge is 2.41. The van der Waals surface area contributed by atoms with Crippen LogP contribution in [-0.2, 0) is 0 Å². The van der Waals surface area contributed by atoms with Crippen LogP contribution in [0, 0.1) is 5.41 Å². The number of hydrogen-bond donors (Lipinski definition) is 0. The molecule has 0 bridgehead atoms. The number of benzene rings is 1. The van der Waals surface area contributed by atoms with Crippen molar-refractivity contribution in [2.45, 2.75) is 52.7 Å². The van der Waals surface area contributed by atoms with Gasteiger partial charge in [0.1, 0.15) is 5.52 Å². The number of aromatic nitrogens is 3. The molecule has 130 valence electrons. The monoisotopic (exact) mass is 335 g/mol. The lowest BCUT2D eigenvalue weighted by Crippen LogP contribution is -2.41. The lowest BCUT2D eigenvalue weighted by Gasteiger charge is -2.35. The van der Waals surface area contributed by atoms with Gasteiger partial charge >= 0.3 is 0 Å². The Labute approximate surface area is 148 Å². The van der Waals surface area contributed by atoms with Gasteiger partial charge in [-0.15, -0.1) is 5.10 Å². The van der Waals surface area contributed by atoms with Gasteiger partial charge in [-0.25, -0.2) is 4.68 Å². The maximum absolute atomic E-state index is 4.64. The first-order valence-corrected chi connectivity index (χ1v) is 8.99. The summed E-state index contributed by atoms with van der Waals surface area (Å²) in [4.78, 5) is 0. The molecule has 1 aromatic heterocycles. The zero-order valence-electron chi connectivity index (χ0n) is 15.5. The Morgan fingerprint density at radius 3 is 2.64 bits per heavy atom. The van der Waals surface area contributed by atoms with E-state index in [2.05, 4.69) is 97.7 Å². The first kappa shape index (κ1) is 16.1. The highest BCUT2D eigenvalue weighted by atomic mass is 15.5. The third-order valence-electron chi connectivity index (χ3n) is 5.17. The smallest absolute Gasteiger partial charge is 0.113 e. The van der Waals surface area contributed by atoms with Crippen LogP contribution in [0.4, 0.5) is 0 Å². The second-order valence-electron chi connectivity index (χ2n) is 7.82. The van der Waals surface area contributed by atoms with Crippen LogP contribution in [0.25, 0.3) is 16.6 Å². The van der Waals surface area contributed by atoms with E-state index in [0.29, 0.717) is 12.1 Å².